The Morgan fingerprint density at radius 1 is 1.14 bits per heavy atom. The minimum atomic E-state index is -2.87. The third-order valence-electron chi connectivity index (χ3n) is 2.75. The van der Waals surface area contributed by atoms with Crippen LogP contribution in [0.15, 0.2) is 47.1 Å². The molecule has 0 radical (unpaired) electrons. The normalized spacial score (nSPS) is 10.9. The second-order valence-corrected chi connectivity index (χ2v) is 4.53. The molecule has 0 aliphatic heterocycles. The minimum Gasteiger partial charge on any atom is -0.435 e. The summed E-state index contributed by atoms with van der Waals surface area (Å²) in [6, 6.07) is 9.30. The number of halogens is 3. The molecule has 0 fully saturated rings. The number of alkyl halides is 2. The molecule has 5 nitrogen and oxygen atoms in total. The first-order valence-corrected chi connectivity index (χ1v) is 6.51. The lowest BCUT2D eigenvalue weighted by Crippen LogP contribution is -2.01. The number of hydrogen-bond acceptors (Lipinski definition) is 5. The number of ether oxygens (including phenoxy) is 1. The molecule has 0 spiro atoms. The Balaban J connectivity index is 1.86. The van der Waals surface area contributed by atoms with Gasteiger partial charge in [-0.15, -0.1) is 0 Å². The van der Waals surface area contributed by atoms with Crippen molar-refractivity contribution in [1.29, 1.82) is 0 Å². The van der Waals surface area contributed by atoms with Crippen molar-refractivity contribution in [2.45, 2.75) is 6.61 Å². The third kappa shape index (κ3) is 3.04. The van der Waals surface area contributed by atoms with E-state index in [0.29, 0.717) is 17.0 Å². The SMILES string of the molecule is FC(F)Oc1ccc(-c2noc(-c3cccnc3Cl)n2)cc1. The number of nitrogens with zero attached hydrogens (tertiary/aromatic N) is 3. The van der Waals surface area contributed by atoms with Crippen LogP contribution < -0.4 is 4.74 Å². The van der Waals surface area contributed by atoms with Gasteiger partial charge in [-0.05, 0) is 36.4 Å². The fourth-order valence-electron chi connectivity index (χ4n) is 1.78. The molecule has 112 valence electrons. The van der Waals surface area contributed by atoms with Crippen molar-refractivity contribution in [3.63, 3.8) is 0 Å². The van der Waals surface area contributed by atoms with Crippen LogP contribution in [0.5, 0.6) is 5.75 Å². The lowest BCUT2D eigenvalue weighted by molar-refractivity contribution is -0.0498. The molecule has 0 amide bonds. The first-order chi connectivity index (χ1) is 10.6. The van der Waals surface area contributed by atoms with Gasteiger partial charge in [-0.25, -0.2) is 4.98 Å². The Kier molecular flexibility index (Phi) is 3.97. The summed E-state index contributed by atoms with van der Waals surface area (Å²) < 4.78 is 33.6. The molecule has 0 aliphatic carbocycles. The summed E-state index contributed by atoms with van der Waals surface area (Å²) in [6.07, 6.45) is 1.55. The Labute approximate surface area is 128 Å². The lowest BCUT2D eigenvalue weighted by atomic mass is 10.2. The lowest BCUT2D eigenvalue weighted by Gasteiger charge is -2.03. The molecule has 1 aromatic carbocycles. The maximum absolute atomic E-state index is 12.1. The first-order valence-electron chi connectivity index (χ1n) is 6.13. The summed E-state index contributed by atoms with van der Waals surface area (Å²) in [5, 5.41) is 4.08. The van der Waals surface area contributed by atoms with E-state index in [-0.39, 0.29) is 16.8 Å². The smallest absolute Gasteiger partial charge is 0.387 e. The van der Waals surface area contributed by atoms with Crippen molar-refractivity contribution in [2.75, 3.05) is 0 Å². The highest BCUT2D eigenvalue weighted by Crippen LogP contribution is 2.27. The van der Waals surface area contributed by atoms with E-state index in [9.17, 15) is 8.78 Å². The molecular weight excluding hydrogens is 316 g/mol. The van der Waals surface area contributed by atoms with Crippen molar-refractivity contribution >= 4 is 11.6 Å². The third-order valence-corrected chi connectivity index (χ3v) is 3.05. The summed E-state index contributed by atoms with van der Waals surface area (Å²) in [6.45, 7) is -2.87. The summed E-state index contributed by atoms with van der Waals surface area (Å²) in [5.74, 6) is 0.581. The summed E-state index contributed by atoms with van der Waals surface area (Å²) in [5.41, 5.74) is 1.11. The summed E-state index contributed by atoms with van der Waals surface area (Å²) >= 11 is 5.96. The van der Waals surface area contributed by atoms with Gasteiger partial charge in [-0.1, -0.05) is 16.8 Å². The van der Waals surface area contributed by atoms with Gasteiger partial charge in [-0.2, -0.15) is 13.8 Å². The van der Waals surface area contributed by atoms with Crippen molar-refractivity contribution < 1.29 is 18.0 Å². The number of aromatic nitrogens is 3. The molecule has 0 unspecified atom stereocenters. The van der Waals surface area contributed by atoms with E-state index in [2.05, 4.69) is 19.9 Å². The van der Waals surface area contributed by atoms with Crippen molar-refractivity contribution in [3.8, 4) is 28.6 Å². The molecule has 0 aliphatic rings. The van der Waals surface area contributed by atoms with Gasteiger partial charge in [0.1, 0.15) is 10.9 Å². The maximum atomic E-state index is 12.1. The number of benzene rings is 1. The van der Waals surface area contributed by atoms with Gasteiger partial charge in [-0.3, -0.25) is 0 Å². The molecule has 3 aromatic rings. The molecule has 0 saturated carbocycles. The van der Waals surface area contributed by atoms with E-state index in [1.54, 1.807) is 30.5 Å². The van der Waals surface area contributed by atoms with Gasteiger partial charge in [0.2, 0.25) is 5.82 Å². The van der Waals surface area contributed by atoms with Crippen LogP contribution in [0, 0.1) is 0 Å². The predicted molar refractivity (Wildman–Crippen MR) is 74.6 cm³/mol. The number of hydrogen-bond donors (Lipinski definition) is 0. The van der Waals surface area contributed by atoms with E-state index in [0.717, 1.165) is 0 Å². The van der Waals surface area contributed by atoms with E-state index in [1.165, 1.54) is 12.1 Å². The van der Waals surface area contributed by atoms with E-state index >= 15 is 0 Å². The zero-order valence-corrected chi connectivity index (χ0v) is 11.7. The van der Waals surface area contributed by atoms with Gasteiger partial charge in [0.15, 0.2) is 0 Å². The molecular formula is C14H8ClF2N3O2. The van der Waals surface area contributed by atoms with Crippen LogP contribution in [-0.2, 0) is 0 Å². The van der Waals surface area contributed by atoms with Crippen molar-refractivity contribution in [1.82, 2.24) is 15.1 Å². The van der Waals surface area contributed by atoms with Gasteiger partial charge >= 0.3 is 6.61 Å². The Hall–Kier alpha value is -2.54. The largest absolute Gasteiger partial charge is 0.435 e. The van der Waals surface area contributed by atoms with E-state index in [1.807, 2.05) is 0 Å². The number of pyridine rings is 1. The molecule has 2 heterocycles. The molecule has 0 bridgehead atoms. The average molecular weight is 324 g/mol. The summed E-state index contributed by atoms with van der Waals surface area (Å²) in [7, 11) is 0. The van der Waals surface area contributed by atoms with Gasteiger partial charge < -0.3 is 9.26 Å². The fraction of sp³-hybridized carbons (Fsp3) is 0.0714. The maximum Gasteiger partial charge on any atom is 0.387 e. The van der Waals surface area contributed by atoms with Gasteiger partial charge in [0.05, 0.1) is 5.56 Å². The zero-order valence-electron chi connectivity index (χ0n) is 10.9. The molecule has 22 heavy (non-hydrogen) atoms. The van der Waals surface area contributed by atoms with Gasteiger partial charge in [0.25, 0.3) is 5.89 Å². The second kappa shape index (κ2) is 6.07. The highest BCUT2D eigenvalue weighted by Gasteiger charge is 2.14. The summed E-state index contributed by atoms with van der Waals surface area (Å²) in [4.78, 5) is 8.14. The quantitative estimate of drug-likeness (QED) is 0.678. The second-order valence-electron chi connectivity index (χ2n) is 4.17. The predicted octanol–water partition coefficient (Wildman–Crippen LogP) is 4.05. The molecule has 2 aromatic heterocycles. The topological polar surface area (TPSA) is 61.0 Å². The van der Waals surface area contributed by atoms with Crippen LogP contribution in [0.3, 0.4) is 0 Å². The highest BCUT2D eigenvalue weighted by molar-refractivity contribution is 6.31. The van der Waals surface area contributed by atoms with Crippen LogP contribution in [0.4, 0.5) is 8.78 Å². The molecule has 3 rings (SSSR count). The van der Waals surface area contributed by atoms with Crippen LogP contribution in [0.1, 0.15) is 0 Å². The zero-order chi connectivity index (χ0) is 15.5. The molecule has 8 heteroatoms. The van der Waals surface area contributed by atoms with E-state index < -0.39 is 6.61 Å². The van der Waals surface area contributed by atoms with Crippen LogP contribution in [0.2, 0.25) is 5.15 Å². The van der Waals surface area contributed by atoms with Crippen LogP contribution >= 0.6 is 11.6 Å². The molecule has 0 N–H and O–H groups in total. The van der Waals surface area contributed by atoms with Crippen molar-refractivity contribution in [3.05, 3.63) is 47.7 Å². The van der Waals surface area contributed by atoms with E-state index in [4.69, 9.17) is 16.1 Å². The average Bonchev–Trinajstić information content (AvgIpc) is 2.97. The van der Waals surface area contributed by atoms with Crippen LogP contribution in [-0.4, -0.2) is 21.7 Å². The molecule has 0 saturated heterocycles. The Bertz CT molecular complexity index is 778. The number of rotatable bonds is 4. The Morgan fingerprint density at radius 3 is 2.59 bits per heavy atom. The van der Waals surface area contributed by atoms with Gasteiger partial charge in [0, 0.05) is 11.8 Å². The Morgan fingerprint density at radius 2 is 1.91 bits per heavy atom. The highest BCUT2D eigenvalue weighted by atomic mass is 35.5. The van der Waals surface area contributed by atoms with Crippen LogP contribution in [0.25, 0.3) is 22.8 Å². The standard InChI is InChI=1S/C14H8ClF2N3O2/c15-11-10(2-1-7-18-11)13-19-12(20-22-13)8-3-5-9(6-4-8)21-14(16)17/h1-7,14H. The van der Waals surface area contributed by atoms with Crippen molar-refractivity contribution in [2.24, 2.45) is 0 Å². The fourth-order valence-corrected chi connectivity index (χ4v) is 1.98. The monoisotopic (exact) mass is 323 g/mol. The molecule has 0 atom stereocenters. The minimum absolute atomic E-state index is 0.0535. The first kappa shape index (κ1) is 14.4.